The van der Waals surface area contributed by atoms with Gasteiger partial charge in [-0.3, -0.25) is 19.3 Å². The fourth-order valence-electron chi connectivity index (χ4n) is 5.75. The van der Waals surface area contributed by atoms with Crippen molar-refractivity contribution in [3.8, 4) is 5.75 Å². The quantitative estimate of drug-likeness (QED) is 0.167. The molecule has 1 aliphatic heterocycles. The zero-order valence-electron chi connectivity index (χ0n) is 27.6. The number of benzene rings is 4. The van der Waals surface area contributed by atoms with E-state index in [2.05, 4.69) is 15.5 Å². The molecule has 4 aromatic carbocycles. The van der Waals surface area contributed by atoms with Crippen molar-refractivity contribution in [1.82, 2.24) is 9.80 Å². The van der Waals surface area contributed by atoms with Crippen molar-refractivity contribution in [2.75, 3.05) is 43.1 Å². The smallest absolute Gasteiger partial charge is 0.258 e. The number of fused-ring (bicyclic) bond motifs is 1. The number of hydrogen-bond donors (Lipinski definition) is 4. The van der Waals surface area contributed by atoms with E-state index in [1.54, 1.807) is 47.4 Å². The summed E-state index contributed by atoms with van der Waals surface area (Å²) in [5.41, 5.74) is 10.3. The van der Waals surface area contributed by atoms with Crippen LogP contribution in [0.5, 0.6) is 5.75 Å². The molecule has 5 N–H and O–H groups in total. The Morgan fingerprint density at radius 2 is 1.69 bits per heavy atom. The van der Waals surface area contributed by atoms with Crippen molar-refractivity contribution < 1.29 is 24.2 Å². The van der Waals surface area contributed by atoms with Crippen molar-refractivity contribution in [2.45, 2.75) is 39.0 Å². The summed E-state index contributed by atoms with van der Waals surface area (Å²) >= 11 is 0. The maximum absolute atomic E-state index is 13.8. The number of likely N-dealkylation sites (N-methyl/N-ethyl adjacent to an activating group) is 1. The van der Waals surface area contributed by atoms with Gasteiger partial charge in [0.1, 0.15) is 11.9 Å². The fourth-order valence-corrected chi connectivity index (χ4v) is 5.75. The van der Waals surface area contributed by atoms with Crippen LogP contribution in [0.15, 0.2) is 97.1 Å². The summed E-state index contributed by atoms with van der Waals surface area (Å²) in [4.78, 5) is 43.2. The van der Waals surface area contributed by atoms with Crippen molar-refractivity contribution >= 4 is 34.8 Å². The maximum atomic E-state index is 13.8. The number of aliphatic hydroxyl groups excluding tert-OH is 1. The average Bonchev–Trinajstić information content (AvgIpc) is 3.08. The Hall–Kier alpha value is -5.19. The Morgan fingerprint density at radius 3 is 2.40 bits per heavy atom. The summed E-state index contributed by atoms with van der Waals surface area (Å²) in [5.74, 6) is -0.318. The van der Waals surface area contributed by atoms with E-state index in [1.165, 1.54) is 0 Å². The number of ether oxygens (including phenoxy) is 1. The second-order valence-corrected chi connectivity index (χ2v) is 12.5. The van der Waals surface area contributed by atoms with Gasteiger partial charge in [0.15, 0.2) is 0 Å². The van der Waals surface area contributed by atoms with E-state index in [1.807, 2.05) is 75.5 Å². The molecule has 1 aliphatic rings. The van der Waals surface area contributed by atoms with Gasteiger partial charge in [0.05, 0.1) is 36.0 Å². The molecular weight excluding hydrogens is 606 g/mol. The number of nitrogen functional groups attached to an aromatic ring is 1. The van der Waals surface area contributed by atoms with Gasteiger partial charge < -0.3 is 31.1 Å². The second-order valence-electron chi connectivity index (χ2n) is 12.5. The molecule has 0 aliphatic carbocycles. The van der Waals surface area contributed by atoms with E-state index in [-0.39, 0.29) is 42.8 Å². The van der Waals surface area contributed by atoms with Crippen LogP contribution in [0.3, 0.4) is 0 Å². The fraction of sp³-hybridized carbons (Fsp3) is 0.289. The molecule has 3 amide bonds. The number of rotatable bonds is 11. The van der Waals surface area contributed by atoms with Gasteiger partial charge in [-0.15, -0.1) is 0 Å². The predicted molar refractivity (Wildman–Crippen MR) is 188 cm³/mol. The minimum atomic E-state index is -0.408. The molecule has 0 saturated carbocycles. The maximum Gasteiger partial charge on any atom is 0.258 e. The molecule has 0 saturated heterocycles. The summed E-state index contributed by atoms with van der Waals surface area (Å²) in [7, 11) is 2.00. The van der Waals surface area contributed by atoms with Crippen LogP contribution in [0, 0.1) is 5.92 Å². The van der Waals surface area contributed by atoms with Gasteiger partial charge in [-0.2, -0.15) is 0 Å². The number of carbonyl (C=O) groups is 3. The lowest BCUT2D eigenvalue weighted by molar-refractivity contribution is -0.115. The summed E-state index contributed by atoms with van der Waals surface area (Å²) < 4.78 is 6.53. The van der Waals surface area contributed by atoms with Gasteiger partial charge in [-0.25, -0.2) is 0 Å². The minimum Gasteiger partial charge on any atom is -0.488 e. The highest BCUT2D eigenvalue weighted by atomic mass is 16.5. The van der Waals surface area contributed by atoms with Gasteiger partial charge in [-0.1, -0.05) is 61.5 Å². The van der Waals surface area contributed by atoms with Crippen LogP contribution in [0.2, 0.25) is 0 Å². The van der Waals surface area contributed by atoms with E-state index in [0.717, 1.165) is 11.1 Å². The lowest BCUT2D eigenvalue weighted by Crippen LogP contribution is -2.49. The second kappa shape index (κ2) is 15.6. The predicted octanol–water partition coefficient (Wildman–Crippen LogP) is 5.05. The third-order valence-corrected chi connectivity index (χ3v) is 8.53. The molecule has 5 rings (SSSR count). The standard InChI is InChI=1S/C38H43N5O5/c1-25-21-43(26(2)24-44)38(47)31-20-30(40-36(45)19-27-9-5-4-6-10-27)17-18-34(31)48-35(25)23-42(3)22-28-13-15-29(16-14-28)37(46)41-33-12-8-7-11-32(33)39/h4-18,20,25-26,35,44H,19,21-24,39H2,1-3H3,(H,40,45)(H,41,46)/t25-,26-,35-/m1/s1. The monoisotopic (exact) mass is 649 g/mol. The highest BCUT2D eigenvalue weighted by molar-refractivity contribution is 6.05. The summed E-state index contributed by atoms with van der Waals surface area (Å²) in [6.45, 7) is 5.23. The number of nitrogens with zero attached hydrogens (tertiary/aromatic N) is 2. The molecule has 3 atom stereocenters. The first-order chi connectivity index (χ1) is 23.1. The molecular formula is C38H43N5O5. The van der Waals surface area contributed by atoms with Crippen LogP contribution in [0.1, 0.15) is 45.7 Å². The lowest BCUT2D eigenvalue weighted by Gasteiger charge is -2.38. The number of anilines is 3. The van der Waals surface area contributed by atoms with Crippen LogP contribution in [0.4, 0.5) is 17.1 Å². The summed E-state index contributed by atoms with van der Waals surface area (Å²) in [6, 6.07) is 28.7. The number of nitrogens with one attached hydrogen (secondary N) is 2. The Labute approximate surface area is 281 Å². The molecule has 250 valence electrons. The third-order valence-electron chi connectivity index (χ3n) is 8.53. The van der Waals surface area contributed by atoms with Crippen LogP contribution >= 0.6 is 0 Å². The lowest BCUT2D eigenvalue weighted by atomic mass is 9.99. The van der Waals surface area contributed by atoms with E-state index >= 15 is 0 Å². The van der Waals surface area contributed by atoms with Gasteiger partial charge >= 0.3 is 0 Å². The third kappa shape index (κ3) is 8.58. The summed E-state index contributed by atoms with van der Waals surface area (Å²) in [6.07, 6.45) is -0.0732. The normalized spacial score (nSPS) is 16.7. The zero-order chi connectivity index (χ0) is 34.2. The van der Waals surface area contributed by atoms with Crippen molar-refractivity contribution in [1.29, 1.82) is 0 Å². The molecule has 0 fully saturated rings. The summed E-state index contributed by atoms with van der Waals surface area (Å²) in [5, 5.41) is 15.8. The Balaban J connectivity index is 1.28. The highest BCUT2D eigenvalue weighted by Gasteiger charge is 2.33. The number of aliphatic hydroxyl groups is 1. The number of carbonyl (C=O) groups excluding carboxylic acids is 3. The first-order valence-electron chi connectivity index (χ1n) is 16.1. The van der Waals surface area contributed by atoms with Crippen molar-refractivity contribution in [2.24, 2.45) is 5.92 Å². The zero-order valence-corrected chi connectivity index (χ0v) is 27.6. The number of nitrogens with two attached hydrogens (primary N) is 1. The van der Waals surface area contributed by atoms with Gasteiger partial charge in [0.25, 0.3) is 11.8 Å². The van der Waals surface area contributed by atoms with Crippen LogP contribution in [0.25, 0.3) is 0 Å². The van der Waals surface area contributed by atoms with E-state index < -0.39 is 6.04 Å². The van der Waals surface area contributed by atoms with Crippen LogP contribution in [-0.2, 0) is 17.8 Å². The molecule has 48 heavy (non-hydrogen) atoms. The SMILES string of the molecule is C[C@@H]1CN([C@H](C)CO)C(=O)c2cc(NC(=O)Cc3ccccc3)ccc2O[C@@H]1CN(C)Cc1ccc(C(=O)Nc2ccccc2N)cc1. The largest absolute Gasteiger partial charge is 0.488 e. The number of amides is 3. The number of hydrogen-bond acceptors (Lipinski definition) is 7. The van der Waals surface area contributed by atoms with Crippen LogP contribution in [-0.4, -0.2) is 71.5 Å². The molecule has 0 unspecified atom stereocenters. The number of para-hydroxylation sites is 2. The minimum absolute atomic E-state index is 0.0553. The van der Waals surface area contributed by atoms with E-state index in [9.17, 15) is 19.5 Å². The Bertz CT molecular complexity index is 1730. The van der Waals surface area contributed by atoms with Gasteiger partial charge in [0, 0.05) is 36.8 Å². The van der Waals surface area contributed by atoms with E-state index in [0.29, 0.717) is 53.6 Å². The Kier molecular flexibility index (Phi) is 11.1. The molecule has 0 aromatic heterocycles. The molecule has 1 heterocycles. The molecule has 10 nitrogen and oxygen atoms in total. The van der Waals surface area contributed by atoms with Crippen LogP contribution < -0.4 is 21.1 Å². The highest BCUT2D eigenvalue weighted by Crippen LogP contribution is 2.31. The van der Waals surface area contributed by atoms with Gasteiger partial charge in [-0.05, 0) is 67.6 Å². The first-order valence-corrected chi connectivity index (χ1v) is 16.1. The molecule has 0 bridgehead atoms. The van der Waals surface area contributed by atoms with Crippen molar-refractivity contribution in [3.05, 3.63) is 119 Å². The molecule has 0 spiro atoms. The molecule has 4 aromatic rings. The van der Waals surface area contributed by atoms with E-state index in [4.69, 9.17) is 10.5 Å². The molecule has 0 radical (unpaired) electrons. The van der Waals surface area contributed by atoms with Gasteiger partial charge in [0.2, 0.25) is 5.91 Å². The first kappa shape index (κ1) is 34.2. The Morgan fingerprint density at radius 1 is 0.979 bits per heavy atom. The van der Waals surface area contributed by atoms with Crippen molar-refractivity contribution in [3.63, 3.8) is 0 Å². The topological polar surface area (TPSA) is 137 Å². The average molecular weight is 650 g/mol. The molecule has 10 heteroatoms.